The molecular formula is C5H6N2O2. The lowest BCUT2D eigenvalue weighted by Gasteiger charge is -1.89. The molecule has 0 aliphatic carbocycles. The van der Waals surface area contributed by atoms with Crippen molar-refractivity contribution in [3.05, 3.63) is 0 Å². The summed E-state index contributed by atoms with van der Waals surface area (Å²) in [6.07, 6.45) is -0.348. The molecule has 0 rings (SSSR count). The summed E-state index contributed by atoms with van der Waals surface area (Å²) in [5.74, 6) is -1.41. The van der Waals surface area contributed by atoms with Crippen molar-refractivity contribution in [2.75, 3.05) is 7.05 Å². The summed E-state index contributed by atoms with van der Waals surface area (Å²) < 4.78 is 0. The first-order chi connectivity index (χ1) is 4.22. The number of carbonyl (C=O) groups excluding carboxylic acids is 2. The van der Waals surface area contributed by atoms with Crippen LogP contribution in [0.3, 0.4) is 0 Å². The fourth-order valence-electron chi connectivity index (χ4n) is 0.292. The number of carbonyl (C=O) groups is 2. The van der Waals surface area contributed by atoms with Crippen LogP contribution in [0.2, 0.25) is 0 Å². The number of nitrogens with zero attached hydrogens (tertiary/aromatic N) is 1. The molecule has 0 saturated carbocycles. The molecule has 0 spiro atoms. The molecule has 4 nitrogen and oxygen atoms in total. The van der Waals surface area contributed by atoms with Crippen LogP contribution in [-0.4, -0.2) is 18.7 Å². The molecule has 0 aromatic heterocycles. The molecule has 0 aromatic carbocycles. The largest absolute Gasteiger partial charge is 0.353 e. The predicted molar refractivity (Wildman–Crippen MR) is 29.3 cm³/mol. The molecule has 0 atom stereocenters. The van der Waals surface area contributed by atoms with Crippen molar-refractivity contribution in [1.29, 1.82) is 5.26 Å². The van der Waals surface area contributed by atoms with E-state index in [-0.39, 0.29) is 6.42 Å². The smallest absolute Gasteiger partial charge is 0.288 e. The third-order valence-electron chi connectivity index (χ3n) is 0.720. The lowest BCUT2D eigenvalue weighted by molar-refractivity contribution is -0.137. The molecule has 0 aromatic rings. The van der Waals surface area contributed by atoms with Crippen LogP contribution in [0.1, 0.15) is 6.42 Å². The number of nitriles is 1. The highest BCUT2D eigenvalue weighted by atomic mass is 16.2. The topological polar surface area (TPSA) is 70.0 Å². The van der Waals surface area contributed by atoms with Crippen LogP contribution >= 0.6 is 0 Å². The van der Waals surface area contributed by atoms with Gasteiger partial charge in [0.1, 0.15) is 6.42 Å². The molecule has 0 heterocycles. The average molecular weight is 126 g/mol. The van der Waals surface area contributed by atoms with E-state index in [0.29, 0.717) is 0 Å². The number of hydrogen-bond donors (Lipinski definition) is 1. The molecular weight excluding hydrogens is 120 g/mol. The first-order valence-corrected chi connectivity index (χ1v) is 2.34. The molecule has 0 aliphatic rings. The molecule has 9 heavy (non-hydrogen) atoms. The van der Waals surface area contributed by atoms with E-state index in [1.54, 1.807) is 6.07 Å². The van der Waals surface area contributed by atoms with E-state index in [1.165, 1.54) is 7.05 Å². The Morgan fingerprint density at radius 2 is 2.22 bits per heavy atom. The molecule has 0 bridgehead atoms. The average Bonchev–Trinajstić information content (AvgIpc) is 1.87. The zero-order valence-electron chi connectivity index (χ0n) is 4.97. The summed E-state index contributed by atoms with van der Waals surface area (Å²) in [5.41, 5.74) is 0. The van der Waals surface area contributed by atoms with Gasteiger partial charge in [-0.1, -0.05) is 0 Å². The second kappa shape index (κ2) is 3.61. The summed E-state index contributed by atoms with van der Waals surface area (Å²) >= 11 is 0. The van der Waals surface area contributed by atoms with Gasteiger partial charge >= 0.3 is 0 Å². The molecule has 0 aliphatic heterocycles. The Labute approximate surface area is 52.5 Å². The SMILES string of the molecule is CNC(=O)C(=O)CC#N. The first-order valence-electron chi connectivity index (χ1n) is 2.34. The monoisotopic (exact) mass is 126 g/mol. The molecule has 48 valence electrons. The van der Waals surface area contributed by atoms with Gasteiger partial charge in [-0.2, -0.15) is 5.26 Å². The van der Waals surface area contributed by atoms with Crippen LogP contribution < -0.4 is 5.32 Å². The third-order valence-corrected chi connectivity index (χ3v) is 0.720. The van der Waals surface area contributed by atoms with E-state index in [1.807, 2.05) is 0 Å². The zero-order valence-corrected chi connectivity index (χ0v) is 4.97. The fourth-order valence-corrected chi connectivity index (χ4v) is 0.292. The van der Waals surface area contributed by atoms with Gasteiger partial charge in [-0.05, 0) is 0 Å². The summed E-state index contributed by atoms with van der Waals surface area (Å²) in [5, 5.41) is 10.0. The highest BCUT2D eigenvalue weighted by Crippen LogP contribution is 1.77. The van der Waals surface area contributed by atoms with Crippen molar-refractivity contribution in [3.63, 3.8) is 0 Å². The highest BCUT2D eigenvalue weighted by molar-refractivity contribution is 6.36. The summed E-state index contributed by atoms with van der Waals surface area (Å²) in [7, 11) is 1.34. The van der Waals surface area contributed by atoms with Crippen LogP contribution in [0.4, 0.5) is 0 Å². The standard InChI is InChI=1S/C5H6N2O2/c1-7-5(9)4(8)2-3-6/h2H2,1H3,(H,7,9). The van der Waals surface area contributed by atoms with E-state index in [2.05, 4.69) is 5.32 Å². The Hall–Kier alpha value is -1.37. The predicted octanol–water partition coefficient (Wildman–Crippen LogP) is -0.785. The van der Waals surface area contributed by atoms with Crippen LogP contribution in [0.25, 0.3) is 0 Å². The van der Waals surface area contributed by atoms with Crippen molar-refractivity contribution in [3.8, 4) is 6.07 Å². The van der Waals surface area contributed by atoms with Gasteiger partial charge in [0.05, 0.1) is 6.07 Å². The minimum atomic E-state index is -0.712. The highest BCUT2D eigenvalue weighted by Gasteiger charge is 2.08. The van der Waals surface area contributed by atoms with E-state index in [4.69, 9.17) is 5.26 Å². The second-order valence-electron chi connectivity index (χ2n) is 1.34. The number of likely N-dealkylation sites (N-methyl/N-ethyl adjacent to an activating group) is 1. The van der Waals surface area contributed by atoms with E-state index in [9.17, 15) is 9.59 Å². The molecule has 0 saturated heterocycles. The van der Waals surface area contributed by atoms with E-state index < -0.39 is 11.7 Å². The molecule has 0 fully saturated rings. The number of ketones is 1. The number of nitrogens with one attached hydrogen (secondary N) is 1. The number of Topliss-reactive ketones (excluding diaryl/α,β-unsaturated/α-hetero) is 1. The maximum atomic E-state index is 10.3. The van der Waals surface area contributed by atoms with Crippen molar-refractivity contribution in [2.45, 2.75) is 6.42 Å². The van der Waals surface area contributed by atoms with Gasteiger partial charge in [-0.25, -0.2) is 0 Å². The molecule has 1 N–H and O–H groups in total. The van der Waals surface area contributed by atoms with E-state index >= 15 is 0 Å². The fraction of sp³-hybridized carbons (Fsp3) is 0.400. The lowest BCUT2D eigenvalue weighted by atomic mass is 10.3. The van der Waals surface area contributed by atoms with Crippen molar-refractivity contribution in [1.82, 2.24) is 5.32 Å². The van der Waals surface area contributed by atoms with Crippen LogP contribution in [0.15, 0.2) is 0 Å². The Balaban J connectivity index is 3.77. The first kappa shape index (κ1) is 7.63. The number of hydrogen-bond acceptors (Lipinski definition) is 3. The Morgan fingerprint density at radius 3 is 2.56 bits per heavy atom. The lowest BCUT2D eigenvalue weighted by Crippen LogP contribution is -2.26. The van der Waals surface area contributed by atoms with Gasteiger partial charge in [0, 0.05) is 7.05 Å². The van der Waals surface area contributed by atoms with Crippen molar-refractivity contribution in [2.24, 2.45) is 0 Å². The summed E-state index contributed by atoms with van der Waals surface area (Å²) in [6, 6.07) is 1.57. The summed E-state index contributed by atoms with van der Waals surface area (Å²) in [4.78, 5) is 20.6. The Kier molecular flexibility index (Phi) is 3.06. The number of amides is 1. The van der Waals surface area contributed by atoms with Crippen LogP contribution in [0, 0.1) is 11.3 Å². The van der Waals surface area contributed by atoms with Gasteiger partial charge in [-0.15, -0.1) is 0 Å². The minimum absolute atomic E-state index is 0.348. The van der Waals surface area contributed by atoms with Gasteiger partial charge in [0.15, 0.2) is 0 Å². The Morgan fingerprint density at radius 1 is 1.67 bits per heavy atom. The molecule has 0 unspecified atom stereocenters. The van der Waals surface area contributed by atoms with Gasteiger partial charge in [0.2, 0.25) is 5.78 Å². The third kappa shape index (κ3) is 2.44. The quantitative estimate of drug-likeness (QED) is 0.493. The second-order valence-corrected chi connectivity index (χ2v) is 1.34. The van der Waals surface area contributed by atoms with E-state index in [0.717, 1.165) is 0 Å². The van der Waals surface area contributed by atoms with Gasteiger partial charge < -0.3 is 5.32 Å². The van der Waals surface area contributed by atoms with Crippen LogP contribution in [0.5, 0.6) is 0 Å². The molecule has 1 amide bonds. The number of rotatable bonds is 2. The van der Waals surface area contributed by atoms with Gasteiger partial charge in [-0.3, -0.25) is 9.59 Å². The molecule has 0 radical (unpaired) electrons. The summed E-state index contributed by atoms with van der Waals surface area (Å²) in [6.45, 7) is 0. The minimum Gasteiger partial charge on any atom is -0.353 e. The Bertz CT molecular complexity index is 168. The van der Waals surface area contributed by atoms with Crippen LogP contribution in [-0.2, 0) is 9.59 Å². The normalized spacial score (nSPS) is 7.56. The maximum absolute atomic E-state index is 10.3. The van der Waals surface area contributed by atoms with Gasteiger partial charge in [0.25, 0.3) is 5.91 Å². The zero-order chi connectivity index (χ0) is 7.28. The van der Waals surface area contributed by atoms with Crippen molar-refractivity contribution >= 4 is 11.7 Å². The molecule has 4 heteroatoms. The van der Waals surface area contributed by atoms with Crippen molar-refractivity contribution < 1.29 is 9.59 Å². The maximum Gasteiger partial charge on any atom is 0.288 e.